The summed E-state index contributed by atoms with van der Waals surface area (Å²) in [7, 11) is -3.75. The smallest absolute Gasteiger partial charge is 0.244 e. The number of carbonyl (C=O) groups is 1. The van der Waals surface area contributed by atoms with E-state index in [9.17, 15) is 13.2 Å². The molecule has 1 aliphatic heterocycles. The summed E-state index contributed by atoms with van der Waals surface area (Å²) in [6.07, 6.45) is 2.01. The zero-order valence-electron chi connectivity index (χ0n) is 10.6. The molecule has 1 fully saturated rings. The van der Waals surface area contributed by atoms with Gasteiger partial charge in [-0.05, 0) is 47.0 Å². The Kier molecular flexibility index (Phi) is 4.88. The Morgan fingerprint density at radius 2 is 2.00 bits per heavy atom. The molecule has 1 aromatic carbocycles. The van der Waals surface area contributed by atoms with Gasteiger partial charge in [-0.2, -0.15) is 4.31 Å². The van der Waals surface area contributed by atoms with Crippen LogP contribution in [0.4, 0.5) is 0 Å². The average Bonchev–Trinajstić information content (AvgIpc) is 2.41. The van der Waals surface area contributed by atoms with Crippen LogP contribution in [0.15, 0.2) is 32.0 Å². The second-order valence-corrected chi connectivity index (χ2v) is 8.23. The average molecular weight is 426 g/mol. The van der Waals surface area contributed by atoms with Gasteiger partial charge in [-0.15, -0.1) is 0 Å². The molecule has 0 aromatic heterocycles. The Morgan fingerprint density at radius 1 is 1.30 bits per heavy atom. The number of nitrogens with two attached hydrogens (primary N) is 1. The van der Waals surface area contributed by atoms with Gasteiger partial charge in [0, 0.05) is 15.5 Å². The van der Waals surface area contributed by atoms with E-state index in [0.29, 0.717) is 21.9 Å². The Morgan fingerprint density at radius 3 is 2.65 bits per heavy atom. The van der Waals surface area contributed by atoms with E-state index < -0.39 is 22.0 Å². The van der Waals surface area contributed by atoms with E-state index in [1.54, 1.807) is 12.1 Å². The van der Waals surface area contributed by atoms with E-state index in [-0.39, 0.29) is 4.90 Å². The monoisotopic (exact) mass is 424 g/mol. The van der Waals surface area contributed by atoms with Gasteiger partial charge in [0.05, 0.1) is 4.90 Å². The number of carbonyl (C=O) groups excluding carboxylic acids is 1. The highest BCUT2D eigenvalue weighted by molar-refractivity contribution is 9.11. The number of primary amides is 1. The van der Waals surface area contributed by atoms with Gasteiger partial charge in [0.1, 0.15) is 6.04 Å². The lowest BCUT2D eigenvalue weighted by Crippen LogP contribution is -2.50. The number of halogens is 2. The van der Waals surface area contributed by atoms with Crippen molar-refractivity contribution in [1.82, 2.24) is 4.31 Å². The highest BCUT2D eigenvalue weighted by atomic mass is 79.9. The van der Waals surface area contributed by atoms with Crippen molar-refractivity contribution in [2.24, 2.45) is 5.73 Å². The van der Waals surface area contributed by atoms with E-state index >= 15 is 0 Å². The summed E-state index contributed by atoms with van der Waals surface area (Å²) in [5, 5.41) is 0. The number of hydrogen-bond acceptors (Lipinski definition) is 3. The summed E-state index contributed by atoms with van der Waals surface area (Å²) in [4.78, 5) is 11.6. The third-order valence-electron chi connectivity index (χ3n) is 3.26. The van der Waals surface area contributed by atoms with Crippen LogP contribution in [0.2, 0.25) is 0 Å². The third-order valence-corrected chi connectivity index (χ3v) is 6.66. The summed E-state index contributed by atoms with van der Waals surface area (Å²) in [5.41, 5.74) is 5.33. The summed E-state index contributed by atoms with van der Waals surface area (Å²) in [6, 6.07) is 4.15. The number of nitrogens with zero attached hydrogens (tertiary/aromatic N) is 1. The van der Waals surface area contributed by atoms with Crippen LogP contribution in [0.1, 0.15) is 19.3 Å². The normalized spacial score (nSPS) is 20.8. The molecule has 0 radical (unpaired) electrons. The third kappa shape index (κ3) is 3.08. The second kappa shape index (κ2) is 6.13. The van der Waals surface area contributed by atoms with E-state index in [4.69, 9.17) is 5.73 Å². The minimum atomic E-state index is -3.75. The van der Waals surface area contributed by atoms with Gasteiger partial charge in [-0.1, -0.05) is 22.4 Å². The molecule has 20 heavy (non-hydrogen) atoms. The fourth-order valence-electron chi connectivity index (χ4n) is 2.28. The Balaban J connectivity index is 2.47. The molecule has 8 heteroatoms. The van der Waals surface area contributed by atoms with Crippen molar-refractivity contribution in [3.63, 3.8) is 0 Å². The van der Waals surface area contributed by atoms with Crippen molar-refractivity contribution in [3.8, 4) is 0 Å². The number of piperidine rings is 1. The first-order valence-corrected chi connectivity index (χ1v) is 9.13. The van der Waals surface area contributed by atoms with Gasteiger partial charge in [-0.25, -0.2) is 8.42 Å². The molecule has 1 amide bonds. The van der Waals surface area contributed by atoms with Crippen LogP contribution >= 0.6 is 31.9 Å². The van der Waals surface area contributed by atoms with Crippen molar-refractivity contribution in [3.05, 3.63) is 27.1 Å². The molecule has 0 spiro atoms. The lowest BCUT2D eigenvalue weighted by atomic mass is 10.0. The van der Waals surface area contributed by atoms with Gasteiger partial charge in [0.15, 0.2) is 0 Å². The number of benzene rings is 1. The molecule has 1 aromatic rings. The van der Waals surface area contributed by atoms with Crippen molar-refractivity contribution >= 4 is 47.8 Å². The summed E-state index contributed by atoms with van der Waals surface area (Å²) >= 11 is 6.51. The number of sulfonamides is 1. The van der Waals surface area contributed by atoms with Crippen LogP contribution in [0.25, 0.3) is 0 Å². The molecule has 110 valence electrons. The van der Waals surface area contributed by atoms with Gasteiger partial charge >= 0.3 is 0 Å². The molecule has 1 heterocycles. The standard InChI is InChI=1S/C12H14Br2N2O3S/c13-8-4-5-9(14)11(7-8)20(18,19)16-6-2-1-3-10(16)12(15)17/h4-5,7,10H,1-3,6H2,(H2,15,17). The van der Waals surface area contributed by atoms with Crippen LogP contribution in [-0.4, -0.2) is 31.2 Å². The summed E-state index contributed by atoms with van der Waals surface area (Å²) in [6.45, 7) is 0.314. The number of hydrogen-bond donors (Lipinski definition) is 1. The van der Waals surface area contributed by atoms with Crippen LogP contribution in [0.5, 0.6) is 0 Å². The Labute approximate surface area is 134 Å². The maximum Gasteiger partial charge on any atom is 0.244 e. The zero-order valence-corrected chi connectivity index (χ0v) is 14.5. The molecular formula is C12H14Br2N2O3S. The van der Waals surface area contributed by atoms with E-state index in [1.807, 2.05) is 0 Å². The lowest BCUT2D eigenvalue weighted by Gasteiger charge is -2.32. The van der Waals surface area contributed by atoms with E-state index in [2.05, 4.69) is 31.9 Å². The molecular weight excluding hydrogens is 412 g/mol. The van der Waals surface area contributed by atoms with Crippen molar-refractivity contribution in [2.45, 2.75) is 30.2 Å². The van der Waals surface area contributed by atoms with Gasteiger partial charge in [0.2, 0.25) is 15.9 Å². The molecule has 1 unspecified atom stereocenters. The predicted octanol–water partition coefficient (Wildman–Crippen LogP) is 2.24. The highest BCUT2D eigenvalue weighted by Crippen LogP contribution is 2.31. The topological polar surface area (TPSA) is 80.5 Å². The Bertz CT molecular complexity index is 634. The molecule has 5 nitrogen and oxygen atoms in total. The van der Waals surface area contributed by atoms with Crippen LogP contribution < -0.4 is 5.73 Å². The zero-order chi connectivity index (χ0) is 14.9. The summed E-state index contributed by atoms with van der Waals surface area (Å²) < 4.78 is 27.8. The maximum absolute atomic E-state index is 12.7. The van der Waals surface area contributed by atoms with Crippen LogP contribution in [-0.2, 0) is 14.8 Å². The van der Waals surface area contributed by atoms with Crippen molar-refractivity contribution in [1.29, 1.82) is 0 Å². The molecule has 1 aliphatic rings. The SMILES string of the molecule is NC(=O)C1CCCCN1S(=O)(=O)c1cc(Br)ccc1Br. The molecule has 0 bridgehead atoms. The molecule has 2 rings (SSSR count). The van der Waals surface area contributed by atoms with E-state index in [0.717, 1.165) is 12.8 Å². The van der Waals surface area contributed by atoms with Gasteiger partial charge in [0.25, 0.3) is 0 Å². The predicted molar refractivity (Wildman–Crippen MR) is 82.6 cm³/mol. The fraction of sp³-hybridized carbons (Fsp3) is 0.417. The van der Waals surface area contributed by atoms with Crippen molar-refractivity contribution in [2.75, 3.05) is 6.54 Å². The quantitative estimate of drug-likeness (QED) is 0.806. The fourth-order valence-corrected chi connectivity index (χ4v) is 5.41. The van der Waals surface area contributed by atoms with Gasteiger partial charge in [-0.3, -0.25) is 4.79 Å². The van der Waals surface area contributed by atoms with Crippen LogP contribution in [0.3, 0.4) is 0 Å². The lowest BCUT2D eigenvalue weighted by molar-refractivity contribution is -0.122. The van der Waals surface area contributed by atoms with E-state index in [1.165, 1.54) is 10.4 Å². The van der Waals surface area contributed by atoms with Gasteiger partial charge < -0.3 is 5.73 Å². The molecule has 2 N–H and O–H groups in total. The molecule has 1 atom stereocenters. The summed E-state index contributed by atoms with van der Waals surface area (Å²) in [5.74, 6) is -0.598. The first-order valence-electron chi connectivity index (χ1n) is 6.10. The minimum absolute atomic E-state index is 0.139. The second-order valence-electron chi connectivity index (χ2n) is 4.60. The Hall–Kier alpha value is -0.440. The number of amides is 1. The van der Waals surface area contributed by atoms with Crippen LogP contribution in [0, 0.1) is 0 Å². The highest BCUT2D eigenvalue weighted by Gasteiger charge is 2.37. The minimum Gasteiger partial charge on any atom is -0.368 e. The molecule has 1 saturated heterocycles. The number of rotatable bonds is 3. The first-order chi connectivity index (χ1) is 9.34. The molecule has 0 aliphatic carbocycles. The van der Waals surface area contributed by atoms with Crippen molar-refractivity contribution < 1.29 is 13.2 Å². The molecule has 0 saturated carbocycles. The largest absolute Gasteiger partial charge is 0.368 e. The first kappa shape index (κ1) is 15.9. The maximum atomic E-state index is 12.7.